The van der Waals surface area contributed by atoms with Gasteiger partial charge in [-0.05, 0) is 19.1 Å². The van der Waals surface area contributed by atoms with Crippen molar-refractivity contribution in [1.29, 1.82) is 0 Å². The third-order valence-electron chi connectivity index (χ3n) is 2.47. The Morgan fingerprint density at radius 1 is 1.55 bits per heavy atom. The lowest BCUT2D eigenvalue weighted by atomic mass is 10.2. The van der Waals surface area contributed by atoms with Crippen LogP contribution in [0.5, 0.6) is 0 Å². The van der Waals surface area contributed by atoms with Gasteiger partial charge in [-0.15, -0.1) is 11.8 Å². The van der Waals surface area contributed by atoms with Gasteiger partial charge in [-0.1, -0.05) is 6.92 Å². The molecule has 110 valence electrons. The number of benzene rings is 1. The van der Waals surface area contributed by atoms with Crippen LogP contribution >= 0.6 is 11.8 Å². The third kappa shape index (κ3) is 4.46. The monoisotopic (exact) mass is 302 g/mol. The molecule has 0 aliphatic rings. The summed E-state index contributed by atoms with van der Waals surface area (Å²) in [5, 5.41) is 21.5. The molecule has 0 fully saturated rings. The molecular weight excluding hydrogens is 287 g/mol. The fourth-order valence-corrected chi connectivity index (χ4v) is 2.39. The molecule has 1 aromatic rings. The number of aliphatic hydroxyl groups is 1. The zero-order chi connectivity index (χ0) is 15.3. The van der Waals surface area contributed by atoms with Gasteiger partial charge in [-0.3, -0.25) is 14.9 Å². The number of nitro benzene ring substituents is 1. The van der Waals surface area contributed by atoms with E-state index in [1.165, 1.54) is 17.8 Å². The predicted octanol–water partition coefficient (Wildman–Crippen LogP) is 2.17. The van der Waals surface area contributed by atoms with Crippen LogP contribution in [0.15, 0.2) is 18.2 Å². The third-order valence-corrected chi connectivity index (χ3v) is 3.71. The highest BCUT2D eigenvalue weighted by molar-refractivity contribution is 8.01. The summed E-state index contributed by atoms with van der Waals surface area (Å²) in [4.78, 5) is 21.6. The van der Waals surface area contributed by atoms with E-state index in [4.69, 9.17) is 5.11 Å². The van der Waals surface area contributed by atoms with Crippen LogP contribution in [0.2, 0.25) is 0 Å². The van der Waals surface area contributed by atoms with Crippen molar-refractivity contribution in [3.8, 4) is 0 Å². The lowest BCUT2D eigenvalue weighted by Gasteiger charge is -2.15. The van der Waals surface area contributed by atoms with Crippen LogP contribution in [-0.4, -0.2) is 33.0 Å². The maximum Gasteiger partial charge on any atom is 0.306 e. The number of hydrogen-bond donors (Lipinski definition) is 2. The fraction of sp³-hybridized carbons (Fsp3) is 0.417. The van der Waals surface area contributed by atoms with E-state index in [0.29, 0.717) is 0 Å². The summed E-state index contributed by atoms with van der Waals surface area (Å²) < 4.78 is 13.1. The summed E-state index contributed by atoms with van der Waals surface area (Å²) in [6.07, 6.45) is 0. The van der Waals surface area contributed by atoms with E-state index in [1.807, 2.05) is 0 Å². The van der Waals surface area contributed by atoms with Crippen molar-refractivity contribution in [2.75, 3.05) is 11.9 Å². The number of carbonyl (C=O) groups is 1. The van der Waals surface area contributed by atoms with Gasteiger partial charge in [0.05, 0.1) is 16.8 Å². The number of nitrogens with one attached hydrogen (secondary N) is 1. The average molecular weight is 302 g/mol. The van der Waals surface area contributed by atoms with E-state index in [-0.39, 0.29) is 23.5 Å². The number of nitrogens with zero attached hydrogens (tertiary/aromatic N) is 1. The summed E-state index contributed by atoms with van der Waals surface area (Å²) in [7, 11) is 0. The molecule has 0 aromatic heterocycles. The first-order chi connectivity index (χ1) is 9.35. The number of halogens is 1. The van der Waals surface area contributed by atoms with Crippen molar-refractivity contribution in [1.82, 2.24) is 0 Å². The van der Waals surface area contributed by atoms with Crippen LogP contribution in [0.1, 0.15) is 13.8 Å². The van der Waals surface area contributed by atoms with Gasteiger partial charge in [-0.2, -0.15) is 4.39 Å². The highest BCUT2D eigenvalue weighted by atomic mass is 32.2. The summed E-state index contributed by atoms with van der Waals surface area (Å²) in [5.41, 5.74) is -0.529. The van der Waals surface area contributed by atoms with Gasteiger partial charge >= 0.3 is 5.69 Å². The molecule has 0 radical (unpaired) electrons. The summed E-state index contributed by atoms with van der Waals surface area (Å²) >= 11 is 1.27. The first kappa shape index (κ1) is 16.4. The Balaban J connectivity index is 2.76. The number of rotatable bonds is 6. The average Bonchev–Trinajstić information content (AvgIpc) is 2.40. The molecule has 2 atom stereocenters. The number of carbonyl (C=O) groups excluding carboxylic acids is 1. The van der Waals surface area contributed by atoms with Gasteiger partial charge in [0.1, 0.15) is 0 Å². The molecule has 0 saturated carbocycles. The van der Waals surface area contributed by atoms with Crippen molar-refractivity contribution < 1.29 is 19.2 Å². The fourth-order valence-electron chi connectivity index (χ4n) is 1.43. The number of aliphatic hydroxyl groups excluding tert-OH is 1. The Hall–Kier alpha value is -1.67. The molecule has 0 aliphatic carbocycles. The standard InChI is InChI=1S/C12H15FN2O4S/c1-7(6-16)20-8(2)12(17)14-9-3-4-10(13)11(5-9)15(18)19/h3-5,7-8,16H,6H2,1-2H3,(H,14,17)/t7-,8+/m1/s1. The first-order valence-electron chi connectivity index (χ1n) is 5.86. The van der Waals surface area contributed by atoms with Crippen molar-refractivity contribution >= 4 is 29.0 Å². The van der Waals surface area contributed by atoms with Crippen LogP contribution in [0.4, 0.5) is 15.8 Å². The highest BCUT2D eigenvalue weighted by Crippen LogP contribution is 2.23. The van der Waals surface area contributed by atoms with Gasteiger partial charge in [0, 0.05) is 17.0 Å². The lowest BCUT2D eigenvalue weighted by molar-refractivity contribution is -0.387. The molecule has 0 heterocycles. The molecule has 0 spiro atoms. The number of anilines is 1. The van der Waals surface area contributed by atoms with E-state index in [0.717, 1.165) is 12.1 Å². The Morgan fingerprint density at radius 3 is 2.75 bits per heavy atom. The molecule has 8 heteroatoms. The molecule has 0 saturated heterocycles. The SMILES string of the molecule is C[C@H](CO)S[C@@H](C)C(=O)Nc1ccc(F)c([N+](=O)[O-])c1. The second-order valence-corrected chi connectivity index (χ2v) is 5.97. The Morgan fingerprint density at radius 2 is 2.20 bits per heavy atom. The molecule has 0 aliphatic heterocycles. The van der Waals surface area contributed by atoms with E-state index >= 15 is 0 Å². The molecule has 20 heavy (non-hydrogen) atoms. The van der Waals surface area contributed by atoms with E-state index in [1.54, 1.807) is 13.8 Å². The number of amides is 1. The molecular formula is C12H15FN2O4S. The molecule has 6 nitrogen and oxygen atoms in total. The second kappa shape index (κ2) is 7.20. The van der Waals surface area contributed by atoms with Crippen LogP contribution in [0.25, 0.3) is 0 Å². The largest absolute Gasteiger partial charge is 0.395 e. The van der Waals surface area contributed by atoms with Crippen LogP contribution in [0, 0.1) is 15.9 Å². The molecule has 0 unspecified atom stereocenters. The molecule has 2 N–H and O–H groups in total. The minimum atomic E-state index is -0.954. The summed E-state index contributed by atoms with van der Waals surface area (Å²) in [6.45, 7) is 3.38. The van der Waals surface area contributed by atoms with Crippen LogP contribution < -0.4 is 5.32 Å². The second-order valence-electron chi connectivity index (χ2n) is 4.18. The topological polar surface area (TPSA) is 92.5 Å². The predicted molar refractivity (Wildman–Crippen MR) is 75.3 cm³/mol. The Labute approximate surface area is 119 Å². The van der Waals surface area contributed by atoms with E-state index < -0.39 is 21.7 Å². The Kier molecular flexibility index (Phi) is 5.90. The number of nitro groups is 1. The highest BCUT2D eigenvalue weighted by Gasteiger charge is 2.19. The quantitative estimate of drug-likeness (QED) is 0.620. The van der Waals surface area contributed by atoms with Crippen molar-refractivity contribution in [3.63, 3.8) is 0 Å². The van der Waals surface area contributed by atoms with Crippen LogP contribution in [0.3, 0.4) is 0 Å². The number of thioether (sulfide) groups is 1. The van der Waals surface area contributed by atoms with E-state index in [2.05, 4.69) is 5.32 Å². The Bertz CT molecular complexity index is 512. The smallest absolute Gasteiger partial charge is 0.306 e. The van der Waals surface area contributed by atoms with Crippen LogP contribution in [-0.2, 0) is 4.79 Å². The molecule has 0 bridgehead atoms. The van der Waals surface area contributed by atoms with Crippen molar-refractivity contribution in [2.24, 2.45) is 0 Å². The maximum absolute atomic E-state index is 13.1. The molecule has 1 rings (SSSR count). The van der Waals surface area contributed by atoms with Gasteiger partial charge in [0.2, 0.25) is 11.7 Å². The minimum absolute atomic E-state index is 0.0513. The number of hydrogen-bond acceptors (Lipinski definition) is 5. The van der Waals surface area contributed by atoms with Gasteiger partial charge < -0.3 is 10.4 Å². The minimum Gasteiger partial charge on any atom is -0.395 e. The molecule has 1 amide bonds. The van der Waals surface area contributed by atoms with E-state index in [9.17, 15) is 19.3 Å². The summed E-state index contributed by atoms with van der Waals surface area (Å²) in [5.74, 6) is -1.32. The van der Waals surface area contributed by atoms with Crippen molar-refractivity contribution in [3.05, 3.63) is 34.1 Å². The van der Waals surface area contributed by atoms with Gasteiger partial charge in [0.15, 0.2) is 0 Å². The summed E-state index contributed by atoms with van der Waals surface area (Å²) in [6, 6.07) is 3.16. The van der Waals surface area contributed by atoms with Crippen molar-refractivity contribution in [2.45, 2.75) is 24.3 Å². The normalized spacial score (nSPS) is 13.6. The zero-order valence-electron chi connectivity index (χ0n) is 11.0. The van der Waals surface area contributed by atoms with Gasteiger partial charge in [-0.25, -0.2) is 0 Å². The zero-order valence-corrected chi connectivity index (χ0v) is 11.8. The maximum atomic E-state index is 13.1. The first-order valence-corrected chi connectivity index (χ1v) is 6.80. The lowest BCUT2D eigenvalue weighted by Crippen LogP contribution is -2.25. The van der Waals surface area contributed by atoms with Gasteiger partial charge in [0.25, 0.3) is 0 Å². The molecule has 1 aromatic carbocycles.